The Morgan fingerprint density at radius 3 is 2.27 bits per heavy atom. The molecule has 0 aliphatic carbocycles. The molecule has 0 unspecified atom stereocenters. The quantitative estimate of drug-likeness (QED) is 0.385. The lowest BCUT2D eigenvalue weighted by Crippen LogP contribution is -2.40. The molecular weight excluding hydrogens is 292 g/mol. The predicted molar refractivity (Wildman–Crippen MR) is 94.5 cm³/mol. The van der Waals surface area contributed by atoms with Crippen LogP contribution in [0.15, 0.2) is 54.9 Å². The van der Waals surface area contributed by atoms with Crippen molar-refractivity contribution in [2.75, 3.05) is 6.54 Å². The normalized spacial score (nSPS) is 11.7. The fourth-order valence-corrected chi connectivity index (χ4v) is 2.52. The Morgan fingerprint density at radius 2 is 1.73 bits per heavy atom. The zero-order chi connectivity index (χ0) is 15.9. The molecule has 0 saturated carbocycles. The van der Waals surface area contributed by atoms with E-state index in [-0.39, 0.29) is 5.76 Å². The van der Waals surface area contributed by atoms with Gasteiger partial charge in [-0.2, -0.15) is 4.57 Å². The summed E-state index contributed by atoms with van der Waals surface area (Å²) >= 11 is 5.43. The topological polar surface area (TPSA) is 36.1 Å². The van der Waals surface area contributed by atoms with E-state index in [1.165, 1.54) is 5.56 Å². The van der Waals surface area contributed by atoms with Crippen molar-refractivity contribution in [2.24, 2.45) is 0 Å². The van der Waals surface area contributed by atoms with Crippen molar-refractivity contribution in [3.8, 4) is 0 Å². The number of pyridine rings is 1. The molecule has 0 fully saturated rings. The molecule has 114 valence electrons. The van der Waals surface area contributed by atoms with E-state index in [4.69, 9.17) is 12.2 Å². The van der Waals surface area contributed by atoms with Crippen molar-refractivity contribution >= 4 is 28.7 Å². The zero-order valence-corrected chi connectivity index (χ0v) is 13.7. The lowest BCUT2D eigenvalue weighted by molar-refractivity contribution is -0.576. The number of aryl methyl sites for hydroxylation is 1. The first kappa shape index (κ1) is 16.2. The van der Waals surface area contributed by atoms with Gasteiger partial charge in [-0.3, -0.25) is 0 Å². The Hall–Kier alpha value is -2.20. The van der Waals surface area contributed by atoms with Crippen LogP contribution in [0.25, 0.3) is 11.5 Å². The van der Waals surface area contributed by atoms with Crippen LogP contribution in [0.3, 0.4) is 0 Å². The van der Waals surface area contributed by atoms with Gasteiger partial charge in [0.25, 0.3) is 5.70 Å². The van der Waals surface area contributed by atoms with E-state index in [1.54, 1.807) is 0 Å². The molecule has 2 rings (SSSR count). The van der Waals surface area contributed by atoms with Crippen molar-refractivity contribution < 1.29 is 9.67 Å². The summed E-state index contributed by atoms with van der Waals surface area (Å²) in [6.45, 7) is 4.79. The van der Waals surface area contributed by atoms with E-state index in [0.29, 0.717) is 17.2 Å². The van der Waals surface area contributed by atoms with E-state index in [9.17, 15) is 5.11 Å². The number of hydrogen-bond acceptors (Lipinski definition) is 2. The van der Waals surface area contributed by atoms with Gasteiger partial charge in [-0.05, 0) is 18.9 Å². The maximum absolute atomic E-state index is 10.7. The number of aliphatic hydroxyl groups excluding tert-OH is 1. The fraction of sp³-hybridized carbons (Fsp3) is 0.222. The monoisotopic (exact) mass is 313 g/mol. The van der Waals surface area contributed by atoms with Gasteiger partial charge in [0.15, 0.2) is 23.1 Å². The summed E-state index contributed by atoms with van der Waals surface area (Å²) in [7, 11) is 0. The molecule has 0 amide bonds. The number of aromatic nitrogens is 1. The van der Waals surface area contributed by atoms with Crippen LogP contribution in [0, 0.1) is 0 Å². The smallest absolute Gasteiger partial charge is 0.287 e. The van der Waals surface area contributed by atoms with Crippen LogP contribution in [0.1, 0.15) is 25.0 Å². The molecule has 4 heteroatoms. The van der Waals surface area contributed by atoms with Crippen LogP contribution < -0.4 is 9.88 Å². The van der Waals surface area contributed by atoms with Crippen LogP contribution in [0.5, 0.6) is 0 Å². The van der Waals surface area contributed by atoms with Gasteiger partial charge in [0.05, 0.1) is 0 Å². The molecule has 0 aliphatic heterocycles. The molecule has 0 atom stereocenters. The van der Waals surface area contributed by atoms with Gasteiger partial charge in [0.1, 0.15) is 0 Å². The Bertz CT molecular complexity index is 663. The molecule has 0 radical (unpaired) electrons. The van der Waals surface area contributed by atoms with Crippen molar-refractivity contribution in [3.63, 3.8) is 0 Å². The first-order chi connectivity index (χ1) is 10.7. The Kier molecular flexibility index (Phi) is 5.67. The SMILES string of the molecule is CCNC(=S)/C(=C(\O)c1ccc(CC)cc1)[n+]1ccccc1. The van der Waals surface area contributed by atoms with E-state index in [2.05, 4.69) is 12.2 Å². The van der Waals surface area contributed by atoms with E-state index < -0.39 is 0 Å². The molecule has 1 heterocycles. The Labute approximate surface area is 136 Å². The molecule has 22 heavy (non-hydrogen) atoms. The first-order valence-electron chi connectivity index (χ1n) is 7.44. The molecule has 1 aromatic heterocycles. The van der Waals surface area contributed by atoms with Gasteiger partial charge in [-0.15, -0.1) is 0 Å². The lowest BCUT2D eigenvalue weighted by Gasteiger charge is -2.09. The molecule has 3 nitrogen and oxygen atoms in total. The zero-order valence-electron chi connectivity index (χ0n) is 12.9. The van der Waals surface area contributed by atoms with E-state index >= 15 is 0 Å². The molecule has 0 aliphatic rings. The van der Waals surface area contributed by atoms with Gasteiger partial charge in [0, 0.05) is 24.2 Å². The third-order valence-electron chi connectivity index (χ3n) is 3.39. The summed E-state index contributed by atoms with van der Waals surface area (Å²) in [6.07, 6.45) is 4.71. The molecular formula is C18H21N2OS+. The summed E-state index contributed by atoms with van der Waals surface area (Å²) < 4.78 is 1.83. The van der Waals surface area contributed by atoms with Crippen LogP contribution >= 0.6 is 12.2 Å². The highest BCUT2D eigenvalue weighted by Gasteiger charge is 2.22. The second-order valence-corrected chi connectivity index (χ2v) is 5.30. The molecule has 1 aromatic carbocycles. The Morgan fingerprint density at radius 1 is 1.09 bits per heavy atom. The molecule has 0 saturated heterocycles. The highest BCUT2D eigenvalue weighted by Crippen LogP contribution is 2.18. The molecule has 0 spiro atoms. The van der Waals surface area contributed by atoms with Gasteiger partial charge < -0.3 is 10.4 Å². The number of thiocarbonyl (C=S) groups is 1. The first-order valence-corrected chi connectivity index (χ1v) is 7.85. The van der Waals surface area contributed by atoms with Gasteiger partial charge in [-0.1, -0.05) is 49.5 Å². The van der Waals surface area contributed by atoms with E-state index in [1.807, 2.05) is 66.3 Å². The van der Waals surface area contributed by atoms with Crippen molar-refractivity contribution in [3.05, 3.63) is 66.0 Å². The number of hydrogen-bond donors (Lipinski definition) is 2. The van der Waals surface area contributed by atoms with Crippen molar-refractivity contribution in [1.29, 1.82) is 0 Å². The largest absolute Gasteiger partial charge is 0.502 e. The minimum Gasteiger partial charge on any atom is -0.502 e. The fourth-order valence-electron chi connectivity index (χ4n) is 2.17. The van der Waals surface area contributed by atoms with Gasteiger partial charge >= 0.3 is 0 Å². The van der Waals surface area contributed by atoms with Crippen LogP contribution in [0.4, 0.5) is 0 Å². The molecule has 0 bridgehead atoms. The number of nitrogens with one attached hydrogen (secondary N) is 1. The minimum atomic E-state index is 0.171. The lowest BCUT2D eigenvalue weighted by atomic mass is 10.1. The second kappa shape index (κ2) is 7.71. The third-order valence-corrected chi connectivity index (χ3v) is 3.72. The maximum atomic E-state index is 10.7. The molecule has 2 N–H and O–H groups in total. The number of aliphatic hydroxyl groups is 1. The summed E-state index contributed by atoms with van der Waals surface area (Å²) in [4.78, 5) is 0.524. The van der Waals surface area contributed by atoms with Crippen molar-refractivity contribution in [2.45, 2.75) is 20.3 Å². The van der Waals surface area contributed by atoms with Crippen molar-refractivity contribution in [1.82, 2.24) is 5.32 Å². The number of benzene rings is 1. The number of rotatable bonds is 5. The number of likely N-dealkylation sites (N-methyl/N-ethyl adjacent to an activating group) is 1. The van der Waals surface area contributed by atoms with Crippen LogP contribution in [-0.4, -0.2) is 16.6 Å². The standard InChI is InChI=1S/C18H20N2OS/c1-3-14-8-10-15(11-9-14)17(21)16(18(22)19-4-2)20-12-6-5-7-13-20/h5-13H,3-4H2,1-2H3,(H-,19,21,22)/p+1. The predicted octanol–water partition coefficient (Wildman–Crippen LogP) is 3.36. The average Bonchev–Trinajstić information content (AvgIpc) is 2.56. The summed E-state index contributed by atoms with van der Waals surface area (Å²) in [5, 5.41) is 13.8. The van der Waals surface area contributed by atoms with Crippen LogP contribution in [-0.2, 0) is 6.42 Å². The third kappa shape index (κ3) is 3.71. The second-order valence-electron chi connectivity index (χ2n) is 4.89. The van der Waals surface area contributed by atoms with Gasteiger partial charge in [-0.25, -0.2) is 0 Å². The van der Waals surface area contributed by atoms with Gasteiger partial charge in [0.2, 0.25) is 0 Å². The summed E-state index contributed by atoms with van der Waals surface area (Å²) in [6, 6.07) is 13.6. The molecule has 2 aromatic rings. The summed E-state index contributed by atoms with van der Waals surface area (Å²) in [5.74, 6) is 0.171. The van der Waals surface area contributed by atoms with Crippen LogP contribution in [0.2, 0.25) is 0 Å². The average molecular weight is 313 g/mol. The highest BCUT2D eigenvalue weighted by atomic mass is 32.1. The highest BCUT2D eigenvalue weighted by molar-refractivity contribution is 7.81. The van der Waals surface area contributed by atoms with E-state index in [0.717, 1.165) is 12.0 Å². The maximum Gasteiger partial charge on any atom is 0.287 e. The Balaban J connectivity index is 2.51. The minimum absolute atomic E-state index is 0.171. The number of nitrogens with zero attached hydrogens (tertiary/aromatic N) is 1. The summed E-state index contributed by atoms with van der Waals surface area (Å²) in [5.41, 5.74) is 2.57.